The van der Waals surface area contributed by atoms with E-state index in [1.165, 1.54) is 7.05 Å². The summed E-state index contributed by atoms with van der Waals surface area (Å²) in [5, 5.41) is 14.3. The van der Waals surface area contributed by atoms with Gasteiger partial charge in [-0.1, -0.05) is 25.9 Å². The number of carbonyl (C=O) groups excluding carboxylic acids is 1. The zero-order valence-electron chi connectivity index (χ0n) is 8.21. The molecule has 1 N–H and O–H groups in total. The van der Waals surface area contributed by atoms with E-state index in [0.717, 1.165) is 0 Å². The molecule has 0 fully saturated rings. The van der Waals surface area contributed by atoms with Crippen LogP contribution in [0.4, 0.5) is 4.79 Å². The fourth-order valence-corrected chi connectivity index (χ4v) is 0.458. The molecule has 0 unspecified atom stereocenters. The van der Waals surface area contributed by atoms with Gasteiger partial charge in [-0.3, -0.25) is 4.84 Å². The first-order valence-corrected chi connectivity index (χ1v) is 3.79. The summed E-state index contributed by atoms with van der Waals surface area (Å²) < 4.78 is 0. The van der Waals surface area contributed by atoms with E-state index in [1.807, 2.05) is 26.8 Å². The fraction of sp³-hybridized carbons (Fsp3) is 0.625. The standard InChI is InChI=1S/C8H13N3O2/c1-8(2,3)6(5-9)11-13-7(12)10-4/h1-4H3,(H,10,12)/b11-6+. The molecule has 0 aromatic heterocycles. The van der Waals surface area contributed by atoms with Crippen molar-refractivity contribution < 1.29 is 9.63 Å². The smallest absolute Gasteiger partial charge is 0.323 e. The van der Waals surface area contributed by atoms with Crippen molar-refractivity contribution in [1.29, 1.82) is 5.26 Å². The molecule has 0 saturated heterocycles. The number of carbonyl (C=O) groups is 1. The van der Waals surface area contributed by atoms with Crippen LogP contribution in [-0.2, 0) is 4.84 Å². The second-order valence-corrected chi connectivity index (χ2v) is 3.43. The number of hydrogen-bond donors (Lipinski definition) is 1. The first kappa shape index (κ1) is 11.4. The summed E-state index contributed by atoms with van der Waals surface area (Å²) in [7, 11) is 1.42. The lowest BCUT2D eigenvalue weighted by molar-refractivity contribution is 0.152. The normalized spacial score (nSPS) is 11.8. The Balaban J connectivity index is 4.45. The van der Waals surface area contributed by atoms with E-state index < -0.39 is 11.5 Å². The highest BCUT2D eigenvalue weighted by Gasteiger charge is 2.19. The summed E-state index contributed by atoms with van der Waals surface area (Å²) in [5.74, 6) is 0. The van der Waals surface area contributed by atoms with Crippen molar-refractivity contribution in [1.82, 2.24) is 5.32 Å². The van der Waals surface area contributed by atoms with Crippen LogP contribution >= 0.6 is 0 Å². The second kappa shape index (κ2) is 4.45. The molecule has 0 radical (unpaired) electrons. The average Bonchev–Trinajstić information content (AvgIpc) is 2.02. The molecule has 0 bridgehead atoms. The van der Waals surface area contributed by atoms with Gasteiger partial charge in [0.1, 0.15) is 6.07 Å². The van der Waals surface area contributed by atoms with Crippen LogP contribution < -0.4 is 5.32 Å². The molecule has 0 aliphatic rings. The predicted octanol–water partition coefficient (Wildman–Crippen LogP) is 1.27. The van der Waals surface area contributed by atoms with E-state index in [-0.39, 0.29) is 5.71 Å². The van der Waals surface area contributed by atoms with Crippen LogP contribution in [-0.4, -0.2) is 18.9 Å². The molecule has 0 saturated carbocycles. The summed E-state index contributed by atoms with van der Waals surface area (Å²) in [6, 6.07) is 1.87. The monoisotopic (exact) mass is 183 g/mol. The van der Waals surface area contributed by atoms with Crippen LogP contribution in [0.1, 0.15) is 20.8 Å². The van der Waals surface area contributed by atoms with Crippen molar-refractivity contribution in [3.05, 3.63) is 0 Å². The molecule has 0 aromatic rings. The summed E-state index contributed by atoms with van der Waals surface area (Å²) in [5.41, 5.74) is -0.237. The lowest BCUT2D eigenvalue weighted by Crippen LogP contribution is -2.22. The number of hydrogen-bond acceptors (Lipinski definition) is 4. The SMILES string of the molecule is CNC(=O)O/N=C(\C#N)C(C)(C)C. The molecule has 1 amide bonds. The maximum atomic E-state index is 10.6. The average molecular weight is 183 g/mol. The number of rotatable bonds is 1. The first-order chi connectivity index (χ1) is 5.91. The highest BCUT2D eigenvalue weighted by Crippen LogP contribution is 2.15. The minimum absolute atomic E-state index is 0.177. The number of nitrogens with zero attached hydrogens (tertiary/aromatic N) is 2. The number of nitrogens with one attached hydrogen (secondary N) is 1. The summed E-state index contributed by atoms with van der Waals surface area (Å²) in [4.78, 5) is 15.0. The lowest BCUT2D eigenvalue weighted by atomic mass is 9.91. The van der Waals surface area contributed by atoms with Crippen molar-refractivity contribution in [3.8, 4) is 6.07 Å². The Morgan fingerprint density at radius 3 is 2.38 bits per heavy atom. The molecule has 0 aliphatic heterocycles. The Bertz CT molecular complexity index is 258. The summed E-state index contributed by atoms with van der Waals surface area (Å²) in [6.07, 6.45) is -0.683. The topological polar surface area (TPSA) is 74.5 Å². The number of amides is 1. The van der Waals surface area contributed by atoms with E-state index in [1.54, 1.807) is 0 Å². The molecule has 0 heterocycles. The van der Waals surface area contributed by atoms with Crippen molar-refractivity contribution in [2.75, 3.05) is 7.05 Å². The van der Waals surface area contributed by atoms with Crippen molar-refractivity contribution in [3.63, 3.8) is 0 Å². The van der Waals surface area contributed by atoms with Gasteiger partial charge in [0.05, 0.1) is 0 Å². The lowest BCUT2D eigenvalue weighted by Gasteiger charge is -2.13. The first-order valence-electron chi connectivity index (χ1n) is 3.79. The molecule has 5 heteroatoms. The zero-order chi connectivity index (χ0) is 10.5. The highest BCUT2D eigenvalue weighted by atomic mass is 16.7. The van der Waals surface area contributed by atoms with Crippen LogP contribution in [0.15, 0.2) is 5.16 Å². The third-order valence-electron chi connectivity index (χ3n) is 1.24. The Hall–Kier alpha value is -1.57. The zero-order valence-corrected chi connectivity index (χ0v) is 8.21. The molecule has 5 nitrogen and oxygen atoms in total. The third-order valence-corrected chi connectivity index (χ3v) is 1.24. The van der Waals surface area contributed by atoms with Gasteiger partial charge in [0.15, 0.2) is 5.71 Å². The van der Waals surface area contributed by atoms with Gasteiger partial charge in [-0.25, -0.2) is 4.79 Å². The van der Waals surface area contributed by atoms with E-state index in [2.05, 4.69) is 15.3 Å². The minimum Gasteiger partial charge on any atom is -0.323 e. The minimum atomic E-state index is -0.683. The number of oxime groups is 1. The summed E-state index contributed by atoms with van der Waals surface area (Å²) >= 11 is 0. The fourth-order valence-electron chi connectivity index (χ4n) is 0.458. The molecule has 0 atom stereocenters. The van der Waals surface area contributed by atoms with Crippen LogP contribution in [0.25, 0.3) is 0 Å². The van der Waals surface area contributed by atoms with Crippen LogP contribution in [0, 0.1) is 16.7 Å². The van der Waals surface area contributed by atoms with Gasteiger partial charge in [-0.2, -0.15) is 5.26 Å². The maximum absolute atomic E-state index is 10.6. The molecule has 0 aliphatic carbocycles. The Labute approximate surface area is 77.4 Å². The van der Waals surface area contributed by atoms with Crippen LogP contribution in [0.5, 0.6) is 0 Å². The van der Waals surface area contributed by atoms with Gasteiger partial charge in [0.2, 0.25) is 0 Å². The quantitative estimate of drug-likeness (QED) is 0.378. The number of nitriles is 1. The molecule has 0 rings (SSSR count). The molecule has 0 spiro atoms. The van der Waals surface area contributed by atoms with Gasteiger partial charge in [0, 0.05) is 12.5 Å². The molecule has 0 aromatic carbocycles. The molecular formula is C8H13N3O2. The van der Waals surface area contributed by atoms with Gasteiger partial charge in [-0.15, -0.1) is 0 Å². The molecule has 13 heavy (non-hydrogen) atoms. The van der Waals surface area contributed by atoms with Gasteiger partial charge < -0.3 is 5.32 Å². The van der Waals surface area contributed by atoms with Gasteiger partial charge in [-0.05, 0) is 0 Å². The van der Waals surface area contributed by atoms with Crippen molar-refractivity contribution in [2.45, 2.75) is 20.8 Å². The second-order valence-electron chi connectivity index (χ2n) is 3.43. The third kappa shape index (κ3) is 4.11. The van der Waals surface area contributed by atoms with Crippen LogP contribution in [0.2, 0.25) is 0 Å². The summed E-state index contributed by atoms with van der Waals surface area (Å²) in [6.45, 7) is 5.42. The Morgan fingerprint density at radius 2 is 2.08 bits per heavy atom. The van der Waals surface area contributed by atoms with Gasteiger partial charge >= 0.3 is 6.09 Å². The van der Waals surface area contributed by atoms with E-state index in [0.29, 0.717) is 0 Å². The Morgan fingerprint density at radius 1 is 1.54 bits per heavy atom. The largest absolute Gasteiger partial charge is 0.433 e. The Kier molecular flexibility index (Phi) is 3.92. The van der Waals surface area contributed by atoms with E-state index >= 15 is 0 Å². The van der Waals surface area contributed by atoms with Gasteiger partial charge in [0.25, 0.3) is 0 Å². The molecule has 72 valence electrons. The van der Waals surface area contributed by atoms with Crippen molar-refractivity contribution in [2.24, 2.45) is 10.6 Å². The predicted molar refractivity (Wildman–Crippen MR) is 48.0 cm³/mol. The highest BCUT2D eigenvalue weighted by molar-refractivity contribution is 6.02. The van der Waals surface area contributed by atoms with Crippen molar-refractivity contribution >= 4 is 11.8 Å². The van der Waals surface area contributed by atoms with Crippen LogP contribution in [0.3, 0.4) is 0 Å². The van der Waals surface area contributed by atoms with E-state index in [4.69, 9.17) is 5.26 Å². The van der Waals surface area contributed by atoms with E-state index in [9.17, 15) is 4.79 Å². The maximum Gasteiger partial charge on any atom is 0.433 e. The molecular weight excluding hydrogens is 170 g/mol.